The van der Waals surface area contributed by atoms with Crippen LogP contribution in [0.3, 0.4) is 0 Å². The first-order chi connectivity index (χ1) is 38.2. The zero-order valence-corrected chi connectivity index (χ0v) is 42.8. The summed E-state index contributed by atoms with van der Waals surface area (Å²) in [7, 11) is -10.3. The lowest BCUT2D eigenvalue weighted by molar-refractivity contribution is -0.384. The number of halogens is 1. The van der Waals surface area contributed by atoms with E-state index in [1.165, 1.54) is 53.7 Å². The van der Waals surface area contributed by atoms with E-state index in [1.54, 1.807) is 25.1 Å². The monoisotopic (exact) mass is 1050 g/mol. The van der Waals surface area contributed by atoms with Crippen molar-refractivity contribution in [1.82, 2.24) is 24.5 Å². The van der Waals surface area contributed by atoms with Crippen LogP contribution in [-0.2, 0) is 16.6 Å². The number of ether oxygens (including phenoxy) is 3. The Morgan fingerprint density at radius 1 is 1.00 bits per heavy atom. The minimum absolute atomic E-state index is 0.0147. The molecule has 0 unspecified atom stereocenters. The third-order valence-electron chi connectivity index (χ3n) is 15.7. The van der Waals surface area contributed by atoms with Gasteiger partial charge in [0.2, 0.25) is 0 Å². The fourth-order valence-electron chi connectivity index (χ4n) is 11.6. The van der Waals surface area contributed by atoms with Crippen LogP contribution < -0.4 is 29.1 Å². The fraction of sp³-hybridized carbons (Fsp3) is 0.429. The zero-order chi connectivity index (χ0) is 57.8. The number of nitro groups is 1. The molecule has 4 aromatic carbocycles. The number of pyridine rings is 1. The Balaban J connectivity index is 0.846. The van der Waals surface area contributed by atoms with Gasteiger partial charge in [0.1, 0.15) is 28.7 Å². The number of nitrogens with one attached hydrogen (secondary N) is 3. The van der Waals surface area contributed by atoms with E-state index >= 15 is 0 Å². The molecule has 1 atom stereocenters. The van der Waals surface area contributed by atoms with Gasteiger partial charge < -0.3 is 34.5 Å². The largest absolute Gasteiger partial charge is 0.493 e. The van der Waals surface area contributed by atoms with E-state index in [2.05, 4.69) is 72.8 Å². The summed E-state index contributed by atoms with van der Waals surface area (Å²) in [6.45, 7) is 10.5. The van der Waals surface area contributed by atoms with E-state index in [0.29, 0.717) is 57.8 Å². The molecule has 2 aromatic heterocycles. The number of aromatic nitrogens is 2. The van der Waals surface area contributed by atoms with Crippen molar-refractivity contribution in [2.45, 2.75) is 94.3 Å². The number of nitrogens with zero attached hydrogens (tertiary/aromatic N) is 5. The number of aromatic amines is 1. The number of carbonyl (C=O) groups excluding carboxylic acids is 1. The minimum atomic E-state index is -4.69. The molecule has 0 bridgehead atoms. The maximum absolute atomic E-state index is 14.8. The normalized spacial score (nSPS) is 22.7. The van der Waals surface area contributed by atoms with Crippen LogP contribution in [0.1, 0.15) is 107 Å². The van der Waals surface area contributed by atoms with Crippen LogP contribution >= 0.6 is 0 Å². The smallest absolute Gasteiger partial charge is 0.293 e. The van der Waals surface area contributed by atoms with Gasteiger partial charge in [0.05, 0.1) is 54.9 Å². The molecule has 6 aromatic rings. The SMILES string of the molecule is [2H]C([2H])([2H])Oc1ccc(CN2CCN(C3CC4(C3)CN(c3ccc(C(=O)NS(=O)(=O)c5ccc(NCC6CCC(C)(O)CC6)c([N+](=O)[O-])c5)c(Oc5cnc6[nH]cc(F)c6c5)c3)C4)[C@H](c3ccccc3C(C)C)C2)cc1OC([2H])([2H])[2H]. The van der Waals surface area contributed by atoms with Crippen molar-refractivity contribution in [3.05, 3.63) is 136 Å². The van der Waals surface area contributed by atoms with E-state index in [9.17, 15) is 32.8 Å². The summed E-state index contributed by atoms with van der Waals surface area (Å²) in [5, 5.41) is 25.8. The molecule has 2 aliphatic carbocycles. The predicted octanol–water partition coefficient (Wildman–Crippen LogP) is 9.54. The number of fused-ring (bicyclic) bond motifs is 1. The van der Waals surface area contributed by atoms with E-state index < -0.39 is 56.9 Å². The molecule has 2 saturated heterocycles. The van der Waals surface area contributed by atoms with Crippen molar-refractivity contribution < 1.29 is 50.1 Å². The average molecular weight is 1050 g/mol. The summed E-state index contributed by atoms with van der Waals surface area (Å²) in [5.74, 6) is -1.56. The molecule has 17 nitrogen and oxygen atoms in total. The number of anilines is 2. The third kappa shape index (κ3) is 10.9. The van der Waals surface area contributed by atoms with Crippen molar-refractivity contribution in [2.24, 2.45) is 11.3 Å². The van der Waals surface area contributed by atoms with Crippen LogP contribution in [0.15, 0.2) is 102 Å². The van der Waals surface area contributed by atoms with Gasteiger partial charge in [-0.3, -0.25) is 24.7 Å². The van der Waals surface area contributed by atoms with Gasteiger partial charge in [0, 0.05) is 87.3 Å². The lowest BCUT2D eigenvalue weighted by Crippen LogP contribution is -2.68. The number of hydrogen-bond donors (Lipinski definition) is 4. The van der Waals surface area contributed by atoms with Crippen molar-refractivity contribution >= 4 is 44.0 Å². The van der Waals surface area contributed by atoms with E-state index in [1.807, 2.05) is 0 Å². The molecular formula is C56H65FN8O9S. The van der Waals surface area contributed by atoms with E-state index in [-0.39, 0.29) is 74.6 Å². The number of amides is 1. The van der Waals surface area contributed by atoms with Gasteiger partial charge in [-0.05, 0) is 116 Å². The first-order valence-corrected chi connectivity index (χ1v) is 26.8. The highest BCUT2D eigenvalue weighted by Gasteiger charge is 2.55. The second kappa shape index (κ2) is 20.7. The molecule has 4 fully saturated rings. The number of methoxy groups -OCH3 is 2. The number of hydrogen-bond acceptors (Lipinski definition) is 14. The van der Waals surface area contributed by atoms with Gasteiger partial charge in [-0.2, -0.15) is 0 Å². The van der Waals surface area contributed by atoms with Crippen LogP contribution in [0.5, 0.6) is 23.0 Å². The van der Waals surface area contributed by atoms with E-state index in [0.717, 1.165) is 50.1 Å². The summed E-state index contributed by atoms with van der Waals surface area (Å²) < 4.78 is 107. The molecule has 2 saturated carbocycles. The number of nitro benzene ring substituents is 1. The zero-order valence-electron chi connectivity index (χ0n) is 48.0. The average Bonchev–Trinajstić information content (AvgIpc) is 3.95. The van der Waals surface area contributed by atoms with Gasteiger partial charge in [-0.1, -0.05) is 44.2 Å². The number of H-pyrrole nitrogens is 1. The third-order valence-corrected chi connectivity index (χ3v) is 17.0. The van der Waals surface area contributed by atoms with Crippen LogP contribution in [-0.4, -0.2) is 109 Å². The summed E-state index contributed by atoms with van der Waals surface area (Å²) >= 11 is 0. The minimum Gasteiger partial charge on any atom is -0.493 e. The van der Waals surface area contributed by atoms with Crippen molar-refractivity contribution in [3.63, 3.8) is 0 Å². The Labute approximate surface area is 445 Å². The molecule has 4 heterocycles. The standard InChI is InChI=1S/C56H65FN8O9S/c1-35(2)42-8-6-7-9-43(42)49-32-62(31-37-10-15-50(72-4)52(22-37)73-5)20-21-64(49)39-26-56(27-39)33-63(34-56)38-11-13-44(51(23-38)74-40-24-45-46(57)30-60-53(45)59-29-40)54(66)61-75(70,71)41-12-14-47(48(25-41)65(68)69)58-28-36-16-18-55(3,67)19-17-36/h6-15,22-25,29-30,35-36,39,49,58,67H,16-21,26-28,31-34H2,1-5H3,(H,59,60)(H,61,66)/t36?,49-,55?/m0/s1/i4D3,5D3. The maximum Gasteiger partial charge on any atom is 0.293 e. The number of rotatable bonds is 17. The van der Waals surface area contributed by atoms with Crippen molar-refractivity contribution in [3.8, 4) is 23.0 Å². The molecule has 19 heteroatoms. The molecule has 75 heavy (non-hydrogen) atoms. The Morgan fingerprint density at radius 2 is 1.77 bits per heavy atom. The highest BCUT2D eigenvalue weighted by atomic mass is 32.2. The summed E-state index contributed by atoms with van der Waals surface area (Å²) in [6.07, 6.45) is 6.97. The summed E-state index contributed by atoms with van der Waals surface area (Å²) in [5.41, 5.74) is 2.86. The number of carbonyl (C=O) groups is 1. The molecule has 1 amide bonds. The fourth-order valence-corrected chi connectivity index (χ4v) is 12.6. The first kappa shape index (κ1) is 44.5. The van der Waals surface area contributed by atoms with Gasteiger partial charge in [0.25, 0.3) is 21.6 Å². The Kier molecular flexibility index (Phi) is 12.3. The highest BCUT2D eigenvalue weighted by molar-refractivity contribution is 7.90. The maximum atomic E-state index is 14.8. The molecule has 2 aliphatic heterocycles. The van der Waals surface area contributed by atoms with E-state index in [4.69, 9.17) is 22.4 Å². The lowest BCUT2D eigenvalue weighted by atomic mass is 9.59. The first-order valence-electron chi connectivity index (χ1n) is 28.3. The number of benzene rings is 4. The Hall–Kier alpha value is -6.80. The van der Waals surface area contributed by atoms with Gasteiger partial charge >= 0.3 is 0 Å². The second-order valence-electron chi connectivity index (χ2n) is 21.4. The van der Waals surface area contributed by atoms with Crippen LogP contribution in [0.25, 0.3) is 11.0 Å². The van der Waals surface area contributed by atoms with Crippen LogP contribution in [0.4, 0.5) is 21.5 Å². The molecule has 1 spiro atoms. The molecule has 4 N–H and O–H groups in total. The topological polar surface area (TPSA) is 205 Å². The van der Waals surface area contributed by atoms with Crippen molar-refractivity contribution in [1.29, 1.82) is 0 Å². The summed E-state index contributed by atoms with van der Waals surface area (Å²) in [4.78, 5) is 39.2. The van der Waals surface area contributed by atoms with Gasteiger partial charge in [-0.25, -0.2) is 22.5 Å². The van der Waals surface area contributed by atoms with Crippen LogP contribution in [0.2, 0.25) is 0 Å². The van der Waals surface area contributed by atoms with Gasteiger partial charge in [0.15, 0.2) is 11.5 Å². The predicted molar refractivity (Wildman–Crippen MR) is 284 cm³/mol. The molecule has 4 aliphatic rings. The molecule has 0 radical (unpaired) electrons. The molecular weight excluding hydrogens is 980 g/mol. The number of piperazine rings is 1. The lowest BCUT2D eigenvalue weighted by Gasteiger charge is -2.63. The second-order valence-corrected chi connectivity index (χ2v) is 23.0. The Bertz CT molecular complexity index is 3450. The van der Waals surface area contributed by atoms with Crippen molar-refractivity contribution in [2.75, 3.05) is 63.6 Å². The highest BCUT2D eigenvalue weighted by Crippen LogP contribution is 2.54. The van der Waals surface area contributed by atoms with Gasteiger partial charge in [-0.15, -0.1) is 0 Å². The number of aliphatic hydroxyl groups is 1. The summed E-state index contributed by atoms with van der Waals surface area (Å²) in [6, 6.07) is 23.0. The number of sulfonamides is 1. The molecule has 396 valence electrons. The van der Waals surface area contributed by atoms with Crippen LogP contribution in [0, 0.1) is 27.3 Å². The Morgan fingerprint density at radius 3 is 2.53 bits per heavy atom. The molecule has 10 rings (SSSR count). The quantitative estimate of drug-likeness (QED) is 0.0496.